The van der Waals surface area contributed by atoms with Crippen molar-refractivity contribution in [3.63, 3.8) is 0 Å². The highest BCUT2D eigenvalue weighted by molar-refractivity contribution is 9.10. The summed E-state index contributed by atoms with van der Waals surface area (Å²) < 4.78 is 1.12. The molecule has 1 aromatic rings. The van der Waals surface area contributed by atoms with Gasteiger partial charge in [-0.2, -0.15) is 0 Å². The molecule has 0 saturated carbocycles. The summed E-state index contributed by atoms with van der Waals surface area (Å²) in [4.78, 5) is 0. The molecule has 0 atom stereocenters. The third kappa shape index (κ3) is 9.57. The number of halogens is 1. The van der Waals surface area contributed by atoms with Crippen LogP contribution in [0.2, 0.25) is 0 Å². The average molecular weight is 425 g/mol. The smallest absolute Gasteiger partial charge is 0.423 e. The second kappa shape index (κ2) is 14.7. The molecule has 0 radical (unpaired) electrons. The molecule has 1 rings (SSSR count). The molecule has 4 heteroatoms. The van der Waals surface area contributed by atoms with Crippen molar-refractivity contribution in [3.8, 4) is 0 Å². The molecule has 26 heavy (non-hydrogen) atoms. The van der Waals surface area contributed by atoms with Gasteiger partial charge >= 0.3 is 7.12 Å². The third-order valence-electron chi connectivity index (χ3n) is 5.19. The van der Waals surface area contributed by atoms with Crippen molar-refractivity contribution in [2.45, 2.75) is 104 Å². The molecule has 0 heterocycles. The molecule has 0 saturated heterocycles. The van der Waals surface area contributed by atoms with Gasteiger partial charge in [-0.25, -0.2) is 0 Å². The van der Waals surface area contributed by atoms with E-state index in [0.29, 0.717) is 5.46 Å². The Morgan fingerprint density at radius 2 is 1.15 bits per heavy atom. The number of rotatable bonds is 15. The fourth-order valence-electron chi connectivity index (χ4n) is 3.52. The van der Waals surface area contributed by atoms with Crippen LogP contribution >= 0.6 is 15.9 Å². The highest BCUT2D eigenvalue weighted by Crippen LogP contribution is 2.22. The SMILES string of the molecule is CCCCCCCCc1cc(B(O)O)c(CCCCCCCC)cc1Br. The van der Waals surface area contributed by atoms with Crippen LogP contribution in [0, 0.1) is 0 Å². The molecule has 148 valence electrons. The van der Waals surface area contributed by atoms with Crippen molar-refractivity contribution in [2.75, 3.05) is 0 Å². The van der Waals surface area contributed by atoms with Crippen LogP contribution in [0.5, 0.6) is 0 Å². The maximum atomic E-state index is 9.80. The predicted octanol–water partition coefficient (Wildman–Crippen LogP) is 5.93. The zero-order chi connectivity index (χ0) is 19.2. The summed E-state index contributed by atoms with van der Waals surface area (Å²) in [5, 5.41) is 19.6. The minimum absolute atomic E-state index is 0.697. The van der Waals surface area contributed by atoms with Crippen LogP contribution in [-0.4, -0.2) is 17.2 Å². The third-order valence-corrected chi connectivity index (χ3v) is 5.92. The van der Waals surface area contributed by atoms with E-state index < -0.39 is 7.12 Å². The maximum absolute atomic E-state index is 9.80. The Kier molecular flexibility index (Phi) is 13.4. The van der Waals surface area contributed by atoms with E-state index in [-0.39, 0.29) is 0 Å². The number of hydrogen-bond donors (Lipinski definition) is 2. The Morgan fingerprint density at radius 3 is 1.65 bits per heavy atom. The molecule has 0 unspecified atom stereocenters. The lowest BCUT2D eigenvalue weighted by Gasteiger charge is -2.14. The standard InChI is InChI=1S/C22H38BBrO2/c1-3-5-7-9-11-13-15-19-18-22(24)20(17-21(19)23(25)26)16-14-12-10-8-6-4-2/h17-18,25-26H,3-16H2,1-2H3. The first-order valence-corrected chi connectivity index (χ1v) is 11.6. The fourth-order valence-corrected chi connectivity index (χ4v) is 4.11. The van der Waals surface area contributed by atoms with E-state index in [0.717, 1.165) is 29.3 Å². The second-order valence-corrected chi connectivity index (χ2v) is 8.41. The summed E-state index contributed by atoms with van der Waals surface area (Å²) in [7, 11) is -1.37. The molecule has 2 N–H and O–H groups in total. The second-order valence-electron chi connectivity index (χ2n) is 7.55. The van der Waals surface area contributed by atoms with Crippen LogP contribution in [0.4, 0.5) is 0 Å². The van der Waals surface area contributed by atoms with Crippen molar-refractivity contribution in [2.24, 2.45) is 0 Å². The molecule has 0 aromatic heterocycles. The van der Waals surface area contributed by atoms with E-state index in [9.17, 15) is 10.0 Å². The Balaban J connectivity index is 2.54. The summed E-state index contributed by atoms with van der Waals surface area (Å²) >= 11 is 3.70. The van der Waals surface area contributed by atoms with Crippen molar-refractivity contribution in [1.82, 2.24) is 0 Å². The highest BCUT2D eigenvalue weighted by Gasteiger charge is 2.18. The lowest BCUT2D eigenvalue weighted by atomic mass is 9.75. The number of aryl methyl sites for hydroxylation is 2. The molecule has 0 fully saturated rings. The summed E-state index contributed by atoms with van der Waals surface area (Å²) in [6.07, 6.45) is 17.1. The van der Waals surface area contributed by atoms with Crippen LogP contribution < -0.4 is 5.46 Å². The first-order chi connectivity index (χ1) is 12.6. The van der Waals surface area contributed by atoms with Gasteiger partial charge in [-0.15, -0.1) is 0 Å². The molecule has 0 amide bonds. The van der Waals surface area contributed by atoms with Crippen molar-refractivity contribution in [3.05, 3.63) is 27.7 Å². The van der Waals surface area contributed by atoms with Gasteiger partial charge in [0.15, 0.2) is 0 Å². The van der Waals surface area contributed by atoms with E-state index in [1.54, 1.807) is 0 Å². The number of benzene rings is 1. The fraction of sp³-hybridized carbons (Fsp3) is 0.727. The van der Waals surface area contributed by atoms with Gasteiger partial charge in [0.25, 0.3) is 0 Å². The van der Waals surface area contributed by atoms with Gasteiger partial charge in [0.05, 0.1) is 0 Å². The topological polar surface area (TPSA) is 40.5 Å². The summed E-state index contributed by atoms with van der Waals surface area (Å²) in [5.41, 5.74) is 2.98. The predicted molar refractivity (Wildman–Crippen MR) is 118 cm³/mol. The van der Waals surface area contributed by atoms with Crippen molar-refractivity contribution >= 4 is 28.5 Å². The zero-order valence-corrected chi connectivity index (χ0v) is 18.5. The molecular formula is C22H38BBrO2. The quantitative estimate of drug-likeness (QED) is 0.270. The van der Waals surface area contributed by atoms with E-state index in [4.69, 9.17) is 0 Å². The lowest BCUT2D eigenvalue weighted by Crippen LogP contribution is -2.33. The van der Waals surface area contributed by atoms with Crippen molar-refractivity contribution in [1.29, 1.82) is 0 Å². The minimum atomic E-state index is -1.37. The maximum Gasteiger partial charge on any atom is 0.488 e. The van der Waals surface area contributed by atoms with Gasteiger partial charge in [-0.05, 0) is 48.3 Å². The van der Waals surface area contributed by atoms with Crippen LogP contribution in [-0.2, 0) is 12.8 Å². The van der Waals surface area contributed by atoms with Crippen LogP contribution in [0.15, 0.2) is 16.6 Å². The highest BCUT2D eigenvalue weighted by atomic mass is 79.9. The van der Waals surface area contributed by atoms with Crippen LogP contribution in [0.25, 0.3) is 0 Å². The molecular weight excluding hydrogens is 387 g/mol. The largest absolute Gasteiger partial charge is 0.488 e. The minimum Gasteiger partial charge on any atom is -0.423 e. The normalized spacial score (nSPS) is 11.1. The first-order valence-electron chi connectivity index (χ1n) is 10.8. The molecule has 0 aliphatic heterocycles. The zero-order valence-electron chi connectivity index (χ0n) is 16.9. The van der Waals surface area contributed by atoms with E-state index in [1.165, 1.54) is 76.2 Å². The van der Waals surface area contributed by atoms with Gasteiger partial charge in [-0.3, -0.25) is 0 Å². The van der Waals surface area contributed by atoms with Gasteiger partial charge in [-0.1, -0.05) is 100 Å². The molecule has 0 spiro atoms. The van der Waals surface area contributed by atoms with E-state index >= 15 is 0 Å². The summed E-state index contributed by atoms with van der Waals surface area (Å²) in [6, 6.07) is 4.13. The number of hydrogen-bond acceptors (Lipinski definition) is 2. The Hall–Kier alpha value is -0.315. The summed E-state index contributed by atoms with van der Waals surface area (Å²) in [6.45, 7) is 4.48. The van der Waals surface area contributed by atoms with E-state index in [1.807, 2.05) is 6.07 Å². The first kappa shape index (κ1) is 23.7. The molecule has 0 aliphatic rings. The molecule has 0 aliphatic carbocycles. The van der Waals surface area contributed by atoms with Gasteiger partial charge in [0.1, 0.15) is 0 Å². The van der Waals surface area contributed by atoms with Crippen LogP contribution in [0.3, 0.4) is 0 Å². The average Bonchev–Trinajstić information content (AvgIpc) is 2.62. The Morgan fingerprint density at radius 1 is 0.692 bits per heavy atom. The Labute approximate surface area is 170 Å². The molecule has 2 nitrogen and oxygen atoms in total. The lowest BCUT2D eigenvalue weighted by molar-refractivity contribution is 0.425. The monoisotopic (exact) mass is 424 g/mol. The summed E-state index contributed by atoms with van der Waals surface area (Å²) in [5.74, 6) is 0. The Bertz CT molecular complexity index is 491. The number of unbranched alkanes of at least 4 members (excludes halogenated alkanes) is 10. The van der Waals surface area contributed by atoms with E-state index in [2.05, 4.69) is 35.8 Å². The van der Waals surface area contributed by atoms with Crippen molar-refractivity contribution < 1.29 is 10.0 Å². The van der Waals surface area contributed by atoms with Crippen LogP contribution in [0.1, 0.15) is 102 Å². The van der Waals surface area contributed by atoms with Gasteiger partial charge in [0.2, 0.25) is 0 Å². The molecule has 1 aromatic carbocycles. The van der Waals surface area contributed by atoms with Gasteiger partial charge in [0, 0.05) is 4.47 Å². The molecule has 0 bridgehead atoms. The van der Waals surface area contributed by atoms with Gasteiger partial charge < -0.3 is 10.0 Å².